The molecular formula is C17H12ClF3N2O3. The fourth-order valence-corrected chi connectivity index (χ4v) is 3.20. The molecule has 2 atom stereocenters. The number of carbonyl (C=O) groups is 1. The molecule has 136 valence electrons. The number of nitrogens with one attached hydrogen (secondary N) is 2. The number of hydrogen-bond acceptors (Lipinski definition) is 3. The number of ether oxygens (including phenoxy) is 2. The first-order chi connectivity index (χ1) is 12.3. The van der Waals surface area contributed by atoms with E-state index >= 15 is 0 Å². The molecule has 1 saturated carbocycles. The predicted octanol–water partition coefficient (Wildman–Crippen LogP) is 4.48. The molecule has 0 saturated heterocycles. The number of hydrogen-bond donors (Lipinski definition) is 2. The summed E-state index contributed by atoms with van der Waals surface area (Å²) in [6.07, 6.45) is -3.16. The van der Waals surface area contributed by atoms with Gasteiger partial charge in [-0.05, 0) is 30.7 Å². The van der Waals surface area contributed by atoms with E-state index in [1.54, 1.807) is 6.07 Å². The van der Waals surface area contributed by atoms with Crippen molar-refractivity contribution in [1.29, 1.82) is 0 Å². The van der Waals surface area contributed by atoms with E-state index in [1.165, 1.54) is 30.3 Å². The molecule has 1 fully saturated rings. The maximum Gasteiger partial charge on any atom is 0.586 e. The van der Waals surface area contributed by atoms with Crippen molar-refractivity contribution >= 4 is 23.3 Å². The molecule has 26 heavy (non-hydrogen) atoms. The van der Waals surface area contributed by atoms with Crippen LogP contribution >= 0.6 is 11.6 Å². The van der Waals surface area contributed by atoms with E-state index in [4.69, 9.17) is 11.6 Å². The highest BCUT2D eigenvalue weighted by Gasteiger charge is 2.44. The number of alkyl halides is 2. The van der Waals surface area contributed by atoms with Gasteiger partial charge < -0.3 is 20.1 Å². The van der Waals surface area contributed by atoms with Gasteiger partial charge in [0, 0.05) is 34.3 Å². The van der Waals surface area contributed by atoms with Gasteiger partial charge in [0.05, 0.1) is 0 Å². The average Bonchev–Trinajstić information content (AvgIpc) is 3.19. The number of benzene rings is 2. The minimum Gasteiger partial charge on any atom is -0.395 e. The maximum atomic E-state index is 13.9. The second-order valence-corrected chi connectivity index (χ2v) is 6.42. The second kappa shape index (κ2) is 5.98. The Labute approximate surface area is 151 Å². The fourth-order valence-electron chi connectivity index (χ4n) is 2.90. The van der Waals surface area contributed by atoms with Gasteiger partial charge in [0.1, 0.15) is 5.82 Å². The van der Waals surface area contributed by atoms with Crippen molar-refractivity contribution in [3.05, 3.63) is 52.8 Å². The molecule has 1 aliphatic carbocycles. The lowest BCUT2D eigenvalue weighted by atomic mass is 10.1. The standard InChI is InChI=1S/C17H12ClF3N2O3/c18-10-2-1-3-11(19)15(10)9-7-12(9)23-16(24)22-8-4-5-13-14(6-8)26-17(20,21)25-13/h1-6,9,12H,7H2,(H2,22,23,24)/t9-,12-/m1/s1. The van der Waals surface area contributed by atoms with Gasteiger partial charge in [-0.15, -0.1) is 8.78 Å². The summed E-state index contributed by atoms with van der Waals surface area (Å²) < 4.78 is 48.5. The van der Waals surface area contributed by atoms with Gasteiger partial charge >= 0.3 is 12.3 Å². The number of halogens is 4. The van der Waals surface area contributed by atoms with Crippen molar-refractivity contribution in [2.24, 2.45) is 0 Å². The van der Waals surface area contributed by atoms with Crippen LogP contribution in [0, 0.1) is 5.82 Å². The largest absolute Gasteiger partial charge is 0.586 e. The Morgan fingerprint density at radius 1 is 1.19 bits per heavy atom. The van der Waals surface area contributed by atoms with Crippen LogP contribution in [-0.2, 0) is 0 Å². The van der Waals surface area contributed by atoms with Crippen molar-refractivity contribution < 1.29 is 27.4 Å². The topological polar surface area (TPSA) is 59.6 Å². The van der Waals surface area contributed by atoms with Crippen LogP contribution in [0.2, 0.25) is 5.02 Å². The summed E-state index contributed by atoms with van der Waals surface area (Å²) >= 11 is 6.02. The molecule has 1 heterocycles. The molecule has 1 aliphatic heterocycles. The second-order valence-electron chi connectivity index (χ2n) is 6.01. The smallest absolute Gasteiger partial charge is 0.395 e. The van der Waals surface area contributed by atoms with E-state index in [2.05, 4.69) is 20.1 Å². The molecule has 2 aromatic rings. The molecule has 0 aromatic heterocycles. The van der Waals surface area contributed by atoms with Crippen LogP contribution in [0.1, 0.15) is 17.9 Å². The van der Waals surface area contributed by atoms with Crippen molar-refractivity contribution in [2.75, 3.05) is 5.32 Å². The Morgan fingerprint density at radius 3 is 2.73 bits per heavy atom. The number of amides is 2. The Bertz CT molecular complexity index is 873. The molecule has 0 unspecified atom stereocenters. The Hall–Kier alpha value is -2.61. The van der Waals surface area contributed by atoms with Gasteiger partial charge in [-0.2, -0.15) is 0 Å². The first-order valence-corrected chi connectivity index (χ1v) is 8.11. The zero-order valence-corrected chi connectivity index (χ0v) is 13.8. The summed E-state index contributed by atoms with van der Waals surface area (Å²) in [5.41, 5.74) is 0.633. The fraction of sp³-hybridized carbons (Fsp3) is 0.235. The number of fused-ring (bicyclic) bond motifs is 1. The van der Waals surface area contributed by atoms with Crippen LogP contribution in [0.15, 0.2) is 36.4 Å². The van der Waals surface area contributed by atoms with Crippen LogP contribution < -0.4 is 20.1 Å². The van der Waals surface area contributed by atoms with E-state index in [9.17, 15) is 18.0 Å². The van der Waals surface area contributed by atoms with Crippen LogP contribution in [-0.4, -0.2) is 18.4 Å². The van der Waals surface area contributed by atoms with E-state index in [0.717, 1.165) is 0 Å². The van der Waals surface area contributed by atoms with Gasteiger partial charge in [0.2, 0.25) is 0 Å². The van der Waals surface area contributed by atoms with E-state index < -0.39 is 18.1 Å². The number of anilines is 1. The third-order valence-electron chi connectivity index (χ3n) is 4.14. The van der Waals surface area contributed by atoms with Crippen LogP contribution in [0.25, 0.3) is 0 Å². The van der Waals surface area contributed by atoms with Crippen molar-refractivity contribution in [3.63, 3.8) is 0 Å². The summed E-state index contributed by atoms with van der Waals surface area (Å²) in [6.45, 7) is 0. The summed E-state index contributed by atoms with van der Waals surface area (Å²) in [7, 11) is 0. The molecule has 2 aromatic carbocycles. The minimum atomic E-state index is -3.72. The van der Waals surface area contributed by atoms with Crippen LogP contribution in [0.3, 0.4) is 0 Å². The quantitative estimate of drug-likeness (QED) is 0.820. The van der Waals surface area contributed by atoms with Crippen LogP contribution in [0.4, 0.5) is 23.7 Å². The van der Waals surface area contributed by atoms with Crippen molar-refractivity contribution in [1.82, 2.24) is 5.32 Å². The number of urea groups is 1. The summed E-state index contributed by atoms with van der Waals surface area (Å²) in [5.74, 6) is -0.901. The predicted molar refractivity (Wildman–Crippen MR) is 87.4 cm³/mol. The summed E-state index contributed by atoms with van der Waals surface area (Å²) in [5, 5.41) is 5.52. The SMILES string of the molecule is O=C(Nc1ccc2c(c1)OC(F)(F)O2)N[C@@H]1C[C@H]1c1c(F)cccc1Cl. The minimum absolute atomic E-state index is 0.114. The molecule has 0 bridgehead atoms. The molecule has 2 amide bonds. The lowest BCUT2D eigenvalue weighted by Gasteiger charge is -2.09. The van der Waals surface area contributed by atoms with E-state index in [0.29, 0.717) is 17.0 Å². The zero-order chi connectivity index (χ0) is 18.5. The average molecular weight is 385 g/mol. The van der Waals surface area contributed by atoms with E-state index in [1.807, 2.05) is 0 Å². The third-order valence-corrected chi connectivity index (χ3v) is 4.47. The zero-order valence-electron chi connectivity index (χ0n) is 13.1. The summed E-state index contributed by atoms with van der Waals surface area (Å²) in [6, 6.07) is 7.53. The van der Waals surface area contributed by atoms with E-state index in [-0.39, 0.29) is 29.1 Å². The van der Waals surface area contributed by atoms with Gasteiger partial charge in [-0.1, -0.05) is 17.7 Å². The lowest BCUT2D eigenvalue weighted by Crippen LogP contribution is -2.31. The monoisotopic (exact) mass is 384 g/mol. The highest BCUT2D eigenvalue weighted by Crippen LogP contribution is 2.45. The van der Waals surface area contributed by atoms with Gasteiger partial charge in [-0.25, -0.2) is 9.18 Å². The molecule has 0 spiro atoms. The number of carbonyl (C=O) groups excluding carboxylic acids is 1. The molecular weight excluding hydrogens is 373 g/mol. The first-order valence-electron chi connectivity index (χ1n) is 7.74. The van der Waals surface area contributed by atoms with Crippen LogP contribution in [0.5, 0.6) is 11.5 Å². The van der Waals surface area contributed by atoms with Gasteiger partial charge in [0.25, 0.3) is 0 Å². The molecule has 2 N–H and O–H groups in total. The highest BCUT2D eigenvalue weighted by molar-refractivity contribution is 6.31. The maximum absolute atomic E-state index is 13.9. The molecule has 9 heteroatoms. The lowest BCUT2D eigenvalue weighted by molar-refractivity contribution is -0.286. The first kappa shape index (κ1) is 16.8. The molecule has 5 nitrogen and oxygen atoms in total. The molecule has 2 aliphatic rings. The van der Waals surface area contributed by atoms with Crippen molar-refractivity contribution in [2.45, 2.75) is 24.7 Å². The normalized spacial score (nSPS) is 22.0. The van der Waals surface area contributed by atoms with Gasteiger partial charge in [0.15, 0.2) is 11.5 Å². The Morgan fingerprint density at radius 2 is 1.96 bits per heavy atom. The molecule has 0 radical (unpaired) electrons. The van der Waals surface area contributed by atoms with Crippen molar-refractivity contribution in [3.8, 4) is 11.5 Å². The number of rotatable bonds is 3. The Balaban J connectivity index is 1.38. The highest BCUT2D eigenvalue weighted by atomic mass is 35.5. The van der Waals surface area contributed by atoms with Gasteiger partial charge in [-0.3, -0.25) is 0 Å². The molecule has 4 rings (SSSR count). The summed E-state index contributed by atoms with van der Waals surface area (Å²) in [4.78, 5) is 12.1. The Kier molecular flexibility index (Phi) is 3.87. The third kappa shape index (κ3) is 3.24.